The summed E-state index contributed by atoms with van der Waals surface area (Å²) in [7, 11) is 0. The standard InChI is InChI=1S/C12H9N3OS2/c16-9-3-1-8(2-4-9)14-12-15-10(7-18-12)11-13-5-6-17-11/h1-7,16H,(H,14,15). The van der Waals surface area contributed by atoms with Gasteiger partial charge in [0.1, 0.15) is 16.5 Å². The highest BCUT2D eigenvalue weighted by atomic mass is 32.1. The summed E-state index contributed by atoms with van der Waals surface area (Å²) in [6.45, 7) is 0. The van der Waals surface area contributed by atoms with Gasteiger partial charge in [-0.25, -0.2) is 9.97 Å². The molecule has 0 spiro atoms. The number of aromatic hydroxyl groups is 1. The quantitative estimate of drug-likeness (QED) is 0.715. The van der Waals surface area contributed by atoms with E-state index in [-0.39, 0.29) is 5.75 Å². The first kappa shape index (κ1) is 11.2. The van der Waals surface area contributed by atoms with Gasteiger partial charge in [-0.2, -0.15) is 0 Å². The van der Waals surface area contributed by atoms with Gasteiger partial charge in [-0.05, 0) is 24.3 Å². The number of thiazole rings is 2. The molecule has 0 unspecified atom stereocenters. The van der Waals surface area contributed by atoms with Crippen molar-refractivity contribution in [3.05, 3.63) is 41.2 Å². The number of rotatable bonds is 3. The predicted octanol–water partition coefficient (Wildman–Crippen LogP) is 3.72. The summed E-state index contributed by atoms with van der Waals surface area (Å²) in [5.41, 5.74) is 1.78. The third-order valence-corrected chi connectivity index (χ3v) is 3.83. The number of benzene rings is 1. The molecule has 2 heterocycles. The van der Waals surface area contributed by atoms with Crippen LogP contribution in [0.2, 0.25) is 0 Å². The number of aromatic nitrogens is 2. The third-order valence-electron chi connectivity index (χ3n) is 2.27. The van der Waals surface area contributed by atoms with Crippen molar-refractivity contribution in [2.45, 2.75) is 0 Å². The molecule has 1 aromatic carbocycles. The van der Waals surface area contributed by atoms with Crippen LogP contribution in [0.15, 0.2) is 41.2 Å². The Morgan fingerprint density at radius 3 is 2.67 bits per heavy atom. The maximum Gasteiger partial charge on any atom is 0.187 e. The van der Waals surface area contributed by atoms with Crippen LogP contribution in [0.1, 0.15) is 0 Å². The Labute approximate surface area is 112 Å². The van der Waals surface area contributed by atoms with Gasteiger partial charge < -0.3 is 10.4 Å². The van der Waals surface area contributed by atoms with E-state index in [4.69, 9.17) is 0 Å². The Morgan fingerprint density at radius 1 is 1.11 bits per heavy atom. The van der Waals surface area contributed by atoms with Crippen LogP contribution in [0.5, 0.6) is 5.75 Å². The van der Waals surface area contributed by atoms with Crippen LogP contribution in [0.25, 0.3) is 10.7 Å². The fraction of sp³-hybridized carbons (Fsp3) is 0. The van der Waals surface area contributed by atoms with Crippen LogP contribution < -0.4 is 5.32 Å². The Bertz CT molecular complexity index is 632. The lowest BCUT2D eigenvalue weighted by molar-refractivity contribution is 0.475. The third kappa shape index (κ3) is 2.34. The maximum atomic E-state index is 9.20. The molecule has 4 nitrogen and oxygen atoms in total. The van der Waals surface area contributed by atoms with Crippen LogP contribution in [0.4, 0.5) is 10.8 Å². The first-order chi connectivity index (χ1) is 8.81. The van der Waals surface area contributed by atoms with Crippen molar-refractivity contribution in [2.24, 2.45) is 0 Å². The second-order valence-corrected chi connectivity index (χ2v) is 5.30. The van der Waals surface area contributed by atoms with E-state index >= 15 is 0 Å². The van der Waals surface area contributed by atoms with Crippen molar-refractivity contribution in [3.63, 3.8) is 0 Å². The first-order valence-corrected chi connectivity index (χ1v) is 6.98. The lowest BCUT2D eigenvalue weighted by Gasteiger charge is -2.01. The molecule has 0 atom stereocenters. The lowest BCUT2D eigenvalue weighted by Crippen LogP contribution is -1.88. The summed E-state index contributed by atoms with van der Waals surface area (Å²) < 4.78 is 0. The van der Waals surface area contributed by atoms with E-state index in [0.717, 1.165) is 21.5 Å². The molecule has 0 aliphatic rings. The zero-order valence-corrected chi connectivity index (χ0v) is 10.8. The normalized spacial score (nSPS) is 10.4. The van der Waals surface area contributed by atoms with Crippen molar-refractivity contribution < 1.29 is 5.11 Å². The molecule has 0 radical (unpaired) electrons. The minimum atomic E-state index is 0.253. The fourth-order valence-corrected chi connectivity index (χ4v) is 2.84. The van der Waals surface area contributed by atoms with E-state index in [2.05, 4.69) is 15.3 Å². The van der Waals surface area contributed by atoms with Gasteiger partial charge >= 0.3 is 0 Å². The zero-order valence-electron chi connectivity index (χ0n) is 9.20. The summed E-state index contributed by atoms with van der Waals surface area (Å²) in [5, 5.41) is 18.0. The van der Waals surface area contributed by atoms with E-state index < -0.39 is 0 Å². The van der Waals surface area contributed by atoms with Crippen LogP contribution in [-0.4, -0.2) is 15.1 Å². The van der Waals surface area contributed by atoms with Crippen molar-refractivity contribution in [2.75, 3.05) is 5.32 Å². The molecule has 90 valence electrons. The van der Waals surface area contributed by atoms with Gasteiger partial charge in [0.2, 0.25) is 0 Å². The van der Waals surface area contributed by atoms with Crippen LogP contribution in [-0.2, 0) is 0 Å². The number of hydrogen-bond donors (Lipinski definition) is 2. The molecule has 0 saturated heterocycles. The summed E-state index contributed by atoms with van der Waals surface area (Å²) in [6, 6.07) is 6.88. The molecular weight excluding hydrogens is 266 g/mol. The Balaban J connectivity index is 1.80. The average molecular weight is 275 g/mol. The number of phenols is 1. The number of nitrogens with one attached hydrogen (secondary N) is 1. The summed E-state index contributed by atoms with van der Waals surface area (Å²) in [6.07, 6.45) is 1.77. The molecule has 2 aromatic heterocycles. The van der Waals surface area contributed by atoms with Gasteiger partial charge in [-0.1, -0.05) is 0 Å². The lowest BCUT2D eigenvalue weighted by atomic mass is 10.3. The van der Waals surface area contributed by atoms with E-state index in [9.17, 15) is 5.11 Å². The van der Waals surface area contributed by atoms with Gasteiger partial charge in [-0.15, -0.1) is 22.7 Å². The minimum Gasteiger partial charge on any atom is -0.508 e. The van der Waals surface area contributed by atoms with Crippen molar-refractivity contribution >= 4 is 33.5 Å². The van der Waals surface area contributed by atoms with Crippen molar-refractivity contribution in [1.29, 1.82) is 0 Å². The molecule has 0 saturated carbocycles. The molecule has 18 heavy (non-hydrogen) atoms. The van der Waals surface area contributed by atoms with Crippen LogP contribution >= 0.6 is 22.7 Å². The molecule has 0 aliphatic carbocycles. The largest absolute Gasteiger partial charge is 0.508 e. The maximum absolute atomic E-state index is 9.20. The first-order valence-electron chi connectivity index (χ1n) is 5.23. The summed E-state index contributed by atoms with van der Waals surface area (Å²) in [4.78, 5) is 8.68. The summed E-state index contributed by atoms with van der Waals surface area (Å²) in [5.74, 6) is 0.253. The van der Waals surface area contributed by atoms with E-state index in [0.29, 0.717) is 0 Å². The molecule has 0 aliphatic heterocycles. The zero-order chi connectivity index (χ0) is 12.4. The molecular formula is C12H9N3OS2. The molecule has 3 aromatic rings. The van der Waals surface area contributed by atoms with Crippen LogP contribution in [0.3, 0.4) is 0 Å². The molecule has 6 heteroatoms. The SMILES string of the molecule is Oc1ccc(Nc2nc(-c3nccs3)cs2)cc1. The van der Waals surface area contributed by atoms with E-state index in [1.54, 1.807) is 41.8 Å². The number of hydrogen-bond acceptors (Lipinski definition) is 6. The Morgan fingerprint density at radius 2 is 1.94 bits per heavy atom. The number of nitrogens with zero attached hydrogens (tertiary/aromatic N) is 2. The molecule has 0 amide bonds. The van der Waals surface area contributed by atoms with Gasteiger partial charge in [0.15, 0.2) is 5.13 Å². The van der Waals surface area contributed by atoms with Crippen molar-refractivity contribution in [1.82, 2.24) is 9.97 Å². The Hall–Kier alpha value is -1.92. The molecule has 3 rings (SSSR count). The fourth-order valence-electron chi connectivity index (χ4n) is 1.45. The van der Waals surface area contributed by atoms with Crippen LogP contribution in [0, 0.1) is 0 Å². The molecule has 0 bridgehead atoms. The van der Waals surface area contributed by atoms with Crippen molar-refractivity contribution in [3.8, 4) is 16.5 Å². The average Bonchev–Trinajstić information content (AvgIpc) is 3.02. The van der Waals surface area contributed by atoms with Gasteiger partial charge in [0.05, 0.1) is 0 Å². The summed E-state index contributed by atoms with van der Waals surface area (Å²) >= 11 is 3.10. The smallest absolute Gasteiger partial charge is 0.187 e. The predicted molar refractivity (Wildman–Crippen MR) is 74.6 cm³/mol. The van der Waals surface area contributed by atoms with Gasteiger partial charge in [-0.3, -0.25) is 0 Å². The number of anilines is 2. The van der Waals surface area contributed by atoms with E-state index in [1.807, 2.05) is 10.8 Å². The highest BCUT2D eigenvalue weighted by Crippen LogP contribution is 2.28. The highest BCUT2D eigenvalue weighted by Gasteiger charge is 2.06. The minimum absolute atomic E-state index is 0.253. The molecule has 0 fully saturated rings. The monoisotopic (exact) mass is 275 g/mol. The number of phenolic OH excluding ortho intramolecular Hbond substituents is 1. The van der Waals surface area contributed by atoms with Gasteiger partial charge in [0, 0.05) is 22.6 Å². The van der Waals surface area contributed by atoms with E-state index in [1.165, 1.54) is 11.3 Å². The Kier molecular flexibility index (Phi) is 2.95. The molecule has 2 N–H and O–H groups in total. The highest BCUT2D eigenvalue weighted by molar-refractivity contribution is 7.15. The second-order valence-electron chi connectivity index (χ2n) is 3.55. The topological polar surface area (TPSA) is 58.0 Å². The van der Waals surface area contributed by atoms with Gasteiger partial charge in [0.25, 0.3) is 0 Å². The second kappa shape index (κ2) is 4.75.